The minimum atomic E-state index is -1.000. The molecule has 1 saturated heterocycles. The molecular formula is C26H19FN2O5S. The maximum atomic E-state index is 13.8. The Kier molecular flexibility index (Phi) is 5.70. The number of benzene rings is 3. The van der Waals surface area contributed by atoms with E-state index in [1.807, 2.05) is 0 Å². The molecule has 5 rings (SSSR count). The Hall–Kier alpha value is -4.24. The van der Waals surface area contributed by atoms with Crippen LogP contribution in [-0.4, -0.2) is 36.0 Å². The van der Waals surface area contributed by atoms with Crippen molar-refractivity contribution in [3.05, 3.63) is 89.2 Å². The minimum absolute atomic E-state index is 0.0844. The van der Waals surface area contributed by atoms with Crippen molar-refractivity contribution >= 4 is 44.1 Å². The summed E-state index contributed by atoms with van der Waals surface area (Å²) >= 11 is 1.08. The number of hydrogen-bond donors (Lipinski definition) is 1. The lowest BCUT2D eigenvalue weighted by molar-refractivity contribution is -0.132. The molecule has 0 aliphatic carbocycles. The van der Waals surface area contributed by atoms with Gasteiger partial charge < -0.3 is 14.6 Å². The predicted molar refractivity (Wildman–Crippen MR) is 130 cm³/mol. The number of aromatic nitrogens is 1. The summed E-state index contributed by atoms with van der Waals surface area (Å²) in [4.78, 5) is 32.3. The third kappa shape index (κ3) is 3.79. The molecule has 1 amide bonds. The van der Waals surface area contributed by atoms with E-state index >= 15 is 0 Å². The van der Waals surface area contributed by atoms with Crippen LogP contribution in [0.2, 0.25) is 0 Å². The quantitative estimate of drug-likeness (QED) is 0.239. The maximum absolute atomic E-state index is 13.8. The Morgan fingerprint density at radius 3 is 2.46 bits per heavy atom. The van der Waals surface area contributed by atoms with E-state index in [2.05, 4.69) is 4.98 Å². The van der Waals surface area contributed by atoms with E-state index in [0.717, 1.165) is 11.3 Å². The van der Waals surface area contributed by atoms with E-state index in [-0.39, 0.29) is 16.5 Å². The number of carbonyl (C=O) groups excluding carboxylic acids is 2. The van der Waals surface area contributed by atoms with Gasteiger partial charge in [-0.2, -0.15) is 0 Å². The molecule has 1 aliphatic heterocycles. The third-order valence-corrected chi connectivity index (χ3v) is 6.78. The summed E-state index contributed by atoms with van der Waals surface area (Å²) in [7, 11) is 2.98. The van der Waals surface area contributed by atoms with Crippen LogP contribution in [-0.2, 0) is 9.59 Å². The van der Waals surface area contributed by atoms with Gasteiger partial charge in [0.15, 0.2) is 16.6 Å². The van der Waals surface area contributed by atoms with E-state index in [4.69, 9.17) is 9.47 Å². The van der Waals surface area contributed by atoms with Crippen molar-refractivity contribution in [2.75, 3.05) is 19.1 Å². The Labute approximate surface area is 203 Å². The summed E-state index contributed by atoms with van der Waals surface area (Å²) in [6.07, 6.45) is 0. The number of rotatable bonds is 5. The number of methoxy groups -OCH3 is 2. The normalized spacial score (nSPS) is 17.2. The number of aliphatic hydroxyl groups excluding tert-OH is 1. The number of ketones is 1. The van der Waals surface area contributed by atoms with Crippen LogP contribution in [0.25, 0.3) is 16.0 Å². The molecular weight excluding hydrogens is 471 g/mol. The largest absolute Gasteiger partial charge is 0.507 e. The van der Waals surface area contributed by atoms with Gasteiger partial charge in [0.1, 0.15) is 11.6 Å². The smallest absolute Gasteiger partial charge is 0.301 e. The fourth-order valence-corrected chi connectivity index (χ4v) is 5.13. The van der Waals surface area contributed by atoms with Crippen molar-refractivity contribution in [3.63, 3.8) is 0 Å². The van der Waals surface area contributed by atoms with Gasteiger partial charge >= 0.3 is 5.91 Å². The average molecular weight is 491 g/mol. The number of fused-ring (bicyclic) bond motifs is 1. The molecule has 3 aromatic carbocycles. The standard InChI is InChI=1S/C26H19FN2O5S/c1-33-18-11-8-15(12-19(18)34-2)22-21(23(30)14-6-4-3-5-7-14)24(31)25(32)29(22)26-28-17-10-9-16(27)13-20(17)35-26/h3-13,22,30H,1-2H3/b23-21+/t22-/m1/s1. The molecule has 0 spiro atoms. The van der Waals surface area contributed by atoms with E-state index in [1.54, 1.807) is 48.5 Å². The number of amides is 1. The molecule has 9 heteroatoms. The molecule has 0 radical (unpaired) electrons. The fraction of sp³-hybridized carbons (Fsp3) is 0.115. The van der Waals surface area contributed by atoms with Gasteiger partial charge in [-0.15, -0.1) is 0 Å². The highest BCUT2D eigenvalue weighted by molar-refractivity contribution is 7.22. The molecule has 0 unspecified atom stereocenters. The van der Waals surface area contributed by atoms with Gasteiger partial charge in [0.2, 0.25) is 0 Å². The first-order chi connectivity index (χ1) is 16.9. The van der Waals surface area contributed by atoms with Crippen LogP contribution >= 0.6 is 11.3 Å². The summed E-state index contributed by atoms with van der Waals surface area (Å²) < 4.78 is 25.1. The molecule has 2 heterocycles. The first-order valence-electron chi connectivity index (χ1n) is 10.6. The van der Waals surface area contributed by atoms with E-state index < -0.39 is 23.5 Å². The predicted octanol–water partition coefficient (Wildman–Crippen LogP) is 5.08. The van der Waals surface area contributed by atoms with Gasteiger partial charge in [-0.25, -0.2) is 9.37 Å². The van der Waals surface area contributed by atoms with Crippen molar-refractivity contribution in [1.29, 1.82) is 0 Å². The molecule has 35 heavy (non-hydrogen) atoms. The zero-order valence-electron chi connectivity index (χ0n) is 18.7. The van der Waals surface area contributed by atoms with Gasteiger partial charge in [-0.3, -0.25) is 14.5 Å². The van der Waals surface area contributed by atoms with Crippen molar-refractivity contribution in [2.45, 2.75) is 6.04 Å². The molecule has 1 aliphatic rings. The van der Waals surface area contributed by atoms with Gasteiger partial charge in [0.05, 0.1) is 36.1 Å². The zero-order chi connectivity index (χ0) is 24.7. The highest BCUT2D eigenvalue weighted by atomic mass is 32.1. The van der Waals surface area contributed by atoms with Crippen LogP contribution in [0.1, 0.15) is 17.2 Å². The second kappa shape index (κ2) is 8.84. The lowest BCUT2D eigenvalue weighted by atomic mass is 9.95. The van der Waals surface area contributed by atoms with Crippen LogP contribution in [0, 0.1) is 5.82 Å². The maximum Gasteiger partial charge on any atom is 0.301 e. The molecule has 0 saturated carbocycles. The molecule has 1 atom stereocenters. The van der Waals surface area contributed by atoms with Crippen molar-refractivity contribution < 1.29 is 28.6 Å². The molecule has 4 aromatic rings. The summed E-state index contributed by atoms with van der Waals surface area (Å²) in [5.41, 5.74) is 1.30. The number of anilines is 1. The summed E-state index contributed by atoms with van der Waals surface area (Å²) in [5.74, 6) is -1.58. The Bertz CT molecular complexity index is 1500. The SMILES string of the molecule is COc1ccc([C@@H]2/C(=C(\O)c3ccccc3)C(=O)C(=O)N2c2nc3ccc(F)cc3s2)cc1OC. The number of halogens is 1. The van der Waals surface area contributed by atoms with Gasteiger partial charge in [-0.1, -0.05) is 47.7 Å². The van der Waals surface area contributed by atoms with Crippen molar-refractivity contribution in [3.8, 4) is 11.5 Å². The third-order valence-electron chi connectivity index (χ3n) is 5.76. The van der Waals surface area contributed by atoms with Crippen molar-refractivity contribution in [2.24, 2.45) is 0 Å². The van der Waals surface area contributed by atoms with Crippen LogP contribution in [0.4, 0.5) is 9.52 Å². The number of carbonyl (C=O) groups is 2. The molecule has 176 valence electrons. The second-order valence-electron chi connectivity index (χ2n) is 7.76. The highest BCUT2D eigenvalue weighted by Crippen LogP contribution is 2.45. The number of Topliss-reactive ketones (excluding diaryl/α,β-unsaturated/α-hetero) is 1. The van der Waals surface area contributed by atoms with E-state index in [0.29, 0.717) is 32.8 Å². The summed E-state index contributed by atoms with van der Waals surface area (Å²) in [6.45, 7) is 0. The molecule has 1 N–H and O–H groups in total. The topological polar surface area (TPSA) is 89.0 Å². The average Bonchev–Trinajstić information content (AvgIpc) is 3.41. The Balaban J connectivity index is 1.75. The molecule has 1 aromatic heterocycles. The van der Waals surface area contributed by atoms with Crippen LogP contribution in [0.5, 0.6) is 11.5 Å². The van der Waals surface area contributed by atoms with Crippen LogP contribution in [0.15, 0.2) is 72.3 Å². The minimum Gasteiger partial charge on any atom is -0.507 e. The van der Waals surface area contributed by atoms with Crippen LogP contribution in [0.3, 0.4) is 0 Å². The zero-order valence-corrected chi connectivity index (χ0v) is 19.5. The Morgan fingerprint density at radius 2 is 1.74 bits per heavy atom. The number of hydrogen-bond acceptors (Lipinski definition) is 7. The van der Waals surface area contributed by atoms with Crippen molar-refractivity contribution in [1.82, 2.24) is 4.98 Å². The van der Waals surface area contributed by atoms with Gasteiger partial charge in [0, 0.05) is 5.56 Å². The molecule has 0 bridgehead atoms. The van der Waals surface area contributed by atoms with Crippen LogP contribution < -0.4 is 14.4 Å². The molecule has 1 fully saturated rings. The van der Waals surface area contributed by atoms with E-state index in [1.165, 1.54) is 37.3 Å². The number of ether oxygens (including phenoxy) is 2. The monoisotopic (exact) mass is 490 g/mol. The number of nitrogens with zero attached hydrogens (tertiary/aromatic N) is 2. The van der Waals surface area contributed by atoms with Gasteiger partial charge in [0.25, 0.3) is 5.78 Å². The van der Waals surface area contributed by atoms with Gasteiger partial charge in [-0.05, 0) is 35.9 Å². The van der Waals surface area contributed by atoms with E-state index in [9.17, 15) is 19.1 Å². The second-order valence-corrected chi connectivity index (χ2v) is 8.77. The number of thiazole rings is 1. The molecule has 7 nitrogen and oxygen atoms in total. The first-order valence-corrected chi connectivity index (χ1v) is 11.4. The lowest BCUT2D eigenvalue weighted by Crippen LogP contribution is -2.29. The first kappa shape index (κ1) is 22.5. The Morgan fingerprint density at radius 1 is 1.00 bits per heavy atom. The lowest BCUT2D eigenvalue weighted by Gasteiger charge is -2.23. The summed E-state index contributed by atoms with van der Waals surface area (Å²) in [6, 6.07) is 16.6. The number of aliphatic hydroxyl groups is 1. The summed E-state index contributed by atoms with van der Waals surface area (Å²) in [5, 5.41) is 11.4. The highest BCUT2D eigenvalue weighted by Gasteiger charge is 2.48. The fourth-order valence-electron chi connectivity index (χ4n) is 4.11.